The summed E-state index contributed by atoms with van der Waals surface area (Å²) in [6.07, 6.45) is 0. The summed E-state index contributed by atoms with van der Waals surface area (Å²) in [5.74, 6) is 0.372. The van der Waals surface area contributed by atoms with Crippen LogP contribution in [0.3, 0.4) is 0 Å². The molecule has 1 heterocycles. The van der Waals surface area contributed by atoms with Gasteiger partial charge in [-0.25, -0.2) is 4.39 Å². The fourth-order valence-corrected chi connectivity index (χ4v) is 1.33. The molecule has 1 aromatic carbocycles. The van der Waals surface area contributed by atoms with E-state index < -0.39 is 5.82 Å². The Labute approximate surface area is 110 Å². The van der Waals surface area contributed by atoms with Crippen molar-refractivity contribution in [1.29, 1.82) is 0 Å². The maximum Gasteiger partial charge on any atom is 0.328 e. The van der Waals surface area contributed by atoms with Crippen LogP contribution in [0.4, 0.5) is 16.3 Å². The molecule has 0 aliphatic heterocycles. The second kappa shape index (κ2) is 5.47. The normalized spacial score (nSPS) is 10.1. The van der Waals surface area contributed by atoms with Gasteiger partial charge in [0, 0.05) is 21.1 Å². The summed E-state index contributed by atoms with van der Waals surface area (Å²) in [6, 6.07) is 6.11. The number of hydrogen-bond donors (Lipinski definition) is 1. The van der Waals surface area contributed by atoms with Crippen LogP contribution in [0.1, 0.15) is 0 Å². The highest BCUT2D eigenvalue weighted by molar-refractivity contribution is 5.37. The van der Waals surface area contributed by atoms with E-state index in [0.717, 1.165) is 0 Å². The lowest BCUT2D eigenvalue weighted by molar-refractivity contribution is 0.410. The largest absolute Gasteiger partial charge is 0.421 e. The SMILES string of the molecule is CNc1nc(Oc2ccccc2F)nc(N(C)C)n1. The molecule has 1 aromatic heterocycles. The minimum Gasteiger partial charge on any atom is -0.421 e. The van der Waals surface area contributed by atoms with Gasteiger partial charge < -0.3 is 15.0 Å². The van der Waals surface area contributed by atoms with Crippen LogP contribution in [0.2, 0.25) is 0 Å². The van der Waals surface area contributed by atoms with Gasteiger partial charge in [-0.05, 0) is 12.1 Å². The smallest absolute Gasteiger partial charge is 0.328 e. The molecule has 2 rings (SSSR count). The van der Waals surface area contributed by atoms with Crippen molar-refractivity contribution in [3.8, 4) is 11.8 Å². The first-order valence-corrected chi connectivity index (χ1v) is 5.63. The lowest BCUT2D eigenvalue weighted by atomic mass is 10.3. The number of halogens is 1. The Kier molecular flexibility index (Phi) is 3.74. The van der Waals surface area contributed by atoms with E-state index in [1.165, 1.54) is 12.1 Å². The highest BCUT2D eigenvalue weighted by Crippen LogP contribution is 2.22. The van der Waals surface area contributed by atoms with Crippen molar-refractivity contribution in [2.75, 3.05) is 31.4 Å². The van der Waals surface area contributed by atoms with Crippen LogP contribution in [-0.2, 0) is 0 Å². The van der Waals surface area contributed by atoms with Crippen LogP contribution in [-0.4, -0.2) is 36.1 Å². The fourth-order valence-electron chi connectivity index (χ4n) is 1.33. The number of aromatic nitrogens is 3. The average Bonchev–Trinajstić information content (AvgIpc) is 2.41. The summed E-state index contributed by atoms with van der Waals surface area (Å²) in [4.78, 5) is 14.0. The summed E-state index contributed by atoms with van der Waals surface area (Å²) in [5.41, 5.74) is 0. The molecular formula is C12H14FN5O. The van der Waals surface area contributed by atoms with Crippen LogP contribution >= 0.6 is 0 Å². The number of anilines is 2. The molecule has 0 amide bonds. The first kappa shape index (κ1) is 13.0. The number of para-hydroxylation sites is 1. The van der Waals surface area contributed by atoms with Crippen molar-refractivity contribution in [2.24, 2.45) is 0 Å². The van der Waals surface area contributed by atoms with Crippen LogP contribution in [0, 0.1) is 5.82 Å². The maximum atomic E-state index is 13.5. The van der Waals surface area contributed by atoms with Gasteiger partial charge in [-0.1, -0.05) is 12.1 Å². The predicted octanol–water partition coefficient (Wildman–Crippen LogP) is 1.91. The van der Waals surface area contributed by atoms with Crippen LogP contribution in [0.15, 0.2) is 24.3 Å². The van der Waals surface area contributed by atoms with Crippen molar-refractivity contribution >= 4 is 11.9 Å². The first-order chi connectivity index (χ1) is 9.10. The van der Waals surface area contributed by atoms with E-state index in [-0.39, 0.29) is 11.8 Å². The van der Waals surface area contributed by atoms with E-state index in [2.05, 4.69) is 20.3 Å². The summed E-state index contributed by atoms with van der Waals surface area (Å²) in [6.45, 7) is 0. The Hall–Kier alpha value is -2.44. The molecule has 19 heavy (non-hydrogen) atoms. The van der Waals surface area contributed by atoms with E-state index in [4.69, 9.17) is 4.74 Å². The van der Waals surface area contributed by atoms with E-state index in [9.17, 15) is 4.39 Å². The molecule has 0 radical (unpaired) electrons. The third kappa shape index (κ3) is 3.06. The quantitative estimate of drug-likeness (QED) is 0.909. The summed E-state index contributed by atoms with van der Waals surface area (Å²) < 4.78 is 18.8. The Bertz CT molecular complexity index is 576. The lowest BCUT2D eigenvalue weighted by Crippen LogP contribution is -2.15. The van der Waals surface area contributed by atoms with Crippen LogP contribution < -0.4 is 15.0 Å². The molecule has 1 N–H and O–H groups in total. The third-order valence-electron chi connectivity index (χ3n) is 2.26. The topological polar surface area (TPSA) is 63.2 Å². The van der Waals surface area contributed by atoms with Crippen molar-refractivity contribution in [2.45, 2.75) is 0 Å². The zero-order valence-corrected chi connectivity index (χ0v) is 10.9. The molecule has 0 aliphatic carbocycles. The predicted molar refractivity (Wildman–Crippen MR) is 70.2 cm³/mol. The molecular weight excluding hydrogens is 249 g/mol. The molecule has 0 aliphatic rings. The second-order valence-corrected chi connectivity index (χ2v) is 3.92. The Morgan fingerprint density at radius 2 is 1.89 bits per heavy atom. The summed E-state index contributed by atoms with van der Waals surface area (Å²) in [5, 5.41) is 2.80. The zero-order chi connectivity index (χ0) is 13.8. The van der Waals surface area contributed by atoms with Crippen LogP contribution in [0.25, 0.3) is 0 Å². The highest BCUT2D eigenvalue weighted by atomic mass is 19.1. The summed E-state index contributed by atoms with van der Waals surface area (Å²) in [7, 11) is 5.27. The molecule has 6 nitrogen and oxygen atoms in total. The van der Waals surface area contributed by atoms with Gasteiger partial charge in [-0.15, -0.1) is 0 Å². The Balaban J connectivity index is 2.34. The number of ether oxygens (including phenoxy) is 1. The Morgan fingerprint density at radius 3 is 2.53 bits per heavy atom. The molecule has 2 aromatic rings. The van der Waals surface area contributed by atoms with Crippen molar-refractivity contribution < 1.29 is 9.13 Å². The molecule has 0 atom stereocenters. The lowest BCUT2D eigenvalue weighted by Gasteiger charge is -2.12. The molecule has 0 bridgehead atoms. The van der Waals surface area contributed by atoms with Gasteiger partial charge in [0.2, 0.25) is 11.9 Å². The molecule has 0 saturated carbocycles. The van der Waals surface area contributed by atoms with E-state index in [1.54, 1.807) is 38.2 Å². The van der Waals surface area contributed by atoms with Gasteiger partial charge in [0.05, 0.1) is 0 Å². The van der Waals surface area contributed by atoms with Crippen molar-refractivity contribution in [3.05, 3.63) is 30.1 Å². The fraction of sp³-hybridized carbons (Fsp3) is 0.250. The standard InChI is InChI=1S/C12H14FN5O/c1-14-10-15-11(18(2)3)17-12(16-10)19-9-7-5-4-6-8(9)13/h4-7H,1-3H3,(H,14,15,16,17). The van der Waals surface area contributed by atoms with E-state index >= 15 is 0 Å². The first-order valence-electron chi connectivity index (χ1n) is 5.63. The molecule has 100 valence electrons. The number of rotatable bonds is 4. The monoisotopic (exact) mass is 263 g/mol. The van der Waals surface area contributed by atoms with Gasteiger partial charge in [-0.2, -0.15) is 15.0 Å². The van der Waals surface area contributed by atoms with Crippen molar-refractivity contribution in [1.82, 2.24) is 15.0 Å². The molecule has 0 unspecified atom stereocenters. The van der Waals surface area contributed by atoms with Crippen LogP contribution in [0.5, 0.6) is 11.8 Å². The average molecular weight is 263 g/mol. The van der Waals surface area contributed by atoms with Gasteiger partial charge >= 0.3 is 6.01 Å². The third-order valence-corrected chi connectivity index (χ3v) is 2.26. The molecule has 0 saturated heterocycles. The molecule has 0 fully saturated rings. The molecule has 7 heteroatoms. The maximum absolute atomic E-state index is 13.5. The van der Waals surface area contributed by atoms with Gasteiger partial charge in [0.25, 0.3) is 0 Å². The van der Waals surface area contributed by atoms with Crippen molar-refractivity contribution in [3.63, 3.8) is 0 Å². The second-order valence-electron chi connectivity index (χ2n) is 3.92. The van der Waals surface area contributed by atoms with Gasteiger partial charge in [-0.3, -0.25) is 0 Å². The van der Waals surface area contributed by atoms with E-state index in [1.807, 2.05) is 0 Å². The van der Waals surface area contributed by atoms with E-state index in [0.29, 0.717) is 11.9 Å². The number of nitrogens with one attached hydrogen (secondary N) is 1. The highest BCUT2D eigenvalue weighted by Gasteiger charge is 2.11. The van der Waals surface area contributed by atoms with Gasteiger partial charge in [0.1, 0.15) is 0 Å². The number of benzene rings is 1. The summed E-state index contributed by atoms with van der Waals surface area (Å²) >= 11 is 0. The number of nitrogens with zero attached hydrogens (tertiary/aromatic N) is 4. The zero-order valence-electron chi connectivity index (χ0n) is 10.9. The molecule has 0 spiro atoms. The minimum atomic E-state index is -0.472. The number of hydrogen-bond acceptors (Lipinski definition) is 6. The van der Waals surface area contributed by atoms with Gasteiger partial charge in [0.15, 0.2) is 11.6 Å². The Morgan fingerprint density at radius 1 is 1.16 bits per heavy atom. The minimum absolute atomic E-state index is 0.0353.